The van der Waals surface area contributed by atoms with Gasteiger partial charge in [-0.25, -0.2) is 5.01 Å². The lowest BCUT2D eigenvalue weighted by Gasteiger charge is -2.12. The molecule has 0 spiro atoms. The molecule has 0 aromatic carbocycles. The highest BCUT2D eigenvalue weighted by molar-refractivity contribution is 5.45. The van der Waals surface area contributed by atoms with Gasteiger partial charge in [0, 0.05) is 13.1 Å². The van der Waals surface area contributed by atoms with Gasteiger partial charge < -0.3 is 0 Å². The molecule has 3 nitrogen and oxygen atoms in total. The lowest BCUT2D eigenvalue weighted by Crippen LogP contribution is -2.34. The van der Waals surface area contributed by atoms with Crippen LogP contribution in [0.4, 0.5) is 0 Å². The summed E-state index contributed by atoms with van der Waals surface area (Å²) in [7, 11) is 0. The van der Waals surface area contributed by atoms with E-state index in [2.05, 4.69) is 12.3 Å². The minimum Gasteiger partial charge on any atom is -0.292 e. The van der Waals surface area contributed by atoms with Crippen molar-refractivity contribution < 1.29 is 4.79 Å². The van der Waals surface area contributed by atoms with Crippen molar-refractivity contribution in [3.8, 4) is 0 Å². The second kappa shape index (κ2) is 3.56. The summed E-state index contributed by atoms with van der Waals surface area (Å²) in [4.78, 5) is 10.0. The summed E-state index contributed by atoms with van der Waals surface area (Å²) >= 11 is 0. The van der Waals surface area contributed by atoms with Crippen molar-refractivity contribution in [2.24, 2.45) is 5.92 Å². The number of hydrazine groups is 1. The number of hydrogen-bond acceptors (Lipinski definition) is 2. The van der Waals surface area contributed by atoms with Crippen molar-refractivity contribution in [1.29, 1.82) is 0 Å². The van der Waals surface area contributed by atoms with E-state index in [1.165, 1.54) is 12.8 Å². The fourth-order valence-corrected chi connectivity index (χ4v) is 1.36. The molecule has 10 heavy (non-hydrogen) atoms. The van der Waals surface area contributed by atoms with Crippen LogP contribution in [0.3, 0.4) is 0 Å². The Morgan fingerprint density at radius 1 is 1.80 bits per heavy atom. The normalized spacial score (nSPS) is 26.7. The Labute approximate surface area is 61.4 Å². The molecular formula is C7H14N2O. The van der Waals surface area contributed by atoms with E-state index in [0.717, 1.165) is 25.4 Å². The van der Waals surface area contributed by atoms with E-state index in [4.69, 9.17) is 0 Å². The summed E-state index contributed by atoms with van der Waals surface area (Å²) in [5.41, 5.74) is 2.66. The largest absolute Gasteiger partial charge is 0.292 e. The van der Waals surface area contributed by atoms with Gasteiger partial charge in [-0.05, 0) is 12.3 Å². The van der Waals surface area contributed by atoms with Gasteiger partial charge in [0.25, 0.3) is 0 Å². The van der Waals surface area contributed by atoms with Crippen LogP contribution in [0.15, 0.2) is 0 Å². The molecule has 0 saturated carbocycles. The Bertz CT molecular complexity index is 116. The van der Waals surface area contributed by atoms with Crippen molar-refractivity contribution in [2.75, 3.05) is 13.1 Å². The van der Waals surface area contributed by atoms with Crippen molar-refractivity contribution in [2.45, 2.75) is 19.8 Å². The fourth-order valence-electron chi connectivity index (χ4n) is 1.36. The maximum atomic E-state index is 10.0. The first-order valence-electron chi connectivity index (χ1n) is 3.81. The molecule has 0 aromatic rings. The number of carbonyl (C=O) groups excluding carboxylic acids is 1. The first kappa shape index (κ1) is 7.54. The summed E-state index contributed by atoms with van der Waals surface area (Å²) in [5, 5.41) is 1.97. The maximum Gasteiger partial charge on any atom is 0.221 e. The first-order valence-corrected chi connectivity index (χ1v) is 3.81. The molecule has 58 valence electrons. The molecule has 3 heteroatoms. The standard InChI is InChI=1S/C7H14N2O/c1-2-7-3-4-9(5-7)8-6-10/h6-7H,2-5H2,1H3,(H,8,10). The van der Waals surface area contributed by atoms with E-state index in [1.54, 1.807) is 0 Å². The zero-order valence-electron chi connectivity index (χ0n) is 6.34. The number of nitrogens with zero attached hydrogens (tertiary/aromatic N) is 1. The zero-order valence-corrected chi connectivity index (χ0v) is 6.34. The molecule has 1 N–H and O–H groups in total. The molecular weight excluding hydrogens is 128 g/mol. The van der Waals surface area contributed by atoms with Crippen LogP contribution >= 0.6 is 0 Å². The van der Waals surface area contributed by atoms with Crippen molar-refractivity contribution in [1.82, 2.24) is 10.4 Å². The number of nitrogens with one attached hydrogen (secondary N) is 1. The predicted molar refractivity (Wildman–Crippen MR) is 39.2 cm³/mol. The van der Waals surface area contributed by atoms with Crippen LogP contribution in [0.5, 0.6) is 0 Å². The van der Waals surface area contributed by atoms with Crippen LogP contribution in [0.1, 0.15) is 19.8 Å². The monoisotopic (exact) mass is 142 g/mol. The lowest BCUT2D eigenvalue weighted by atomic mass is 10.1. The minimum absolute atomic E-state index is 0.748. The van der Waals surface area contributed by atoms with Crippen LogP contribution < -0.4 is 5.43 Å². The lowest BCUT2D eigenvalue weighted by molar-refractivity contribution is -0.113. The van der Waals surface area contributed by atoms with Crippen LogP contribution in [0.25, 0.3) is 0 Å². The molecule has 1 fully saturated rings. The average Bonchev–Trinajstić information content (AvgIpc) is 2.37. The molecule has 1 rings (SSSR count). The third-order valence-corrected chi connectivity index (χ3v) is 2.10. The van der Waals surface area contributed by atoms with Gasteiger partial charge in [0.15, 0.2) is 0 Å². The van der Waals surface area contributed by atoms with E-state index in [1.807, 2.05) is 5.01 Å². The quantitative estimate of drug-likeness (QED) is 0.578. The molecule has 1 aliphatic rings. The Morgan fingerprint density at radius 2 is 2.60 bits per heavy atom. The zero-order chi connectivity index (χ0) is 7.40. The number of amides is 1. The highest BCUT2D eigenvalue weighted by atomic mass is 16.1. The van der Waals surface area contributed by atoms with Gasteiger partial charge >= 0.3 is 0 Å². The Kier molecular flexibility index (Phi) is 2.68. The van der Waals surface area contributed by atoms with Crippen molar-refractivity contribution in [3.63, 3.8) is 0 Å². The van der Waals surface area contributed by atoms with Gasteiger partial charge in [-0.3, -0.25) is 10.2 Å². The molecule has 1 amide bonds. The Morgan fingerprint density at radius 3 is 3.10 bits per heavy atom. The van der Waals surface area contributed by atoms with Gasteiger partial charge in [0.05, 0.1) is 0 Å². The SMILES string of the molecule is CCC1CCN(NC=O)C1. The third kappa shape index (κ3) is 1.70. The van der Waals surface area contributed by atoms with Crippen molar-refractivity contribution in [3.05, 3.63) is 0 Å². The number of rotatable bonds is 3. The Hall–Kier alpha value is -0.570. The number of hydrogen-bond donors (Lipinski definition) is 1. The molecule has 0 aromatic heterocycles. The van der Waals surface area contributed by atoms with Crippen LogP contribution in [-0.2, 0) is 4.79 Å². The van der Waals surface area contributed by atoms with Gasteiger partial charge in [-0.1, -0.05) is 13.3 Å². The molecule has 0 bridgehead atoms. The molecule has 1 saturated heterocycles. The summed E-state index contributed by atoms with van der Waals surface area (Å²) in [6, 6.07) is 0. The first-order chi connectivity index (χ1) is 4.86. The molecule has 1 atom stereocenters. The van der Waals surface area contributed by atoms with Crippen LogP contribution in [0.2, 0.25) is 0 Å². The topological polar surface area (TPSA) is 32.3 Å². The third-order valence-electron chi connectivity index (χ3n) is 2.10. The van der Waals surface area contributed by atoms with Gasteiger partial charge in [-0.2, -0.15) is 0 Å². The fraction of sp³-hybridized carbons (Fsp3) is 0.857. The van der Waals surface area contributed by atoms with E-state index < -0.39 is 0 Å². The van der Waals surface area contributed by atoms with Crippen LogP contribution in [0, 0.1) is 5.92 Å². The minimum atomic E-state index is 0.748. The average molecular weight is 142 g/mol. The summed E-state index contributed by atoms with van der Waals surface area (Å²) in [5.74, 6) is 0.785. The summed E-state index contributed by atoms with van der Waals surface area (Å²) in [6.45, 7) is 4.22. The molecule has 1 heterocycles. The van der Waals surface area contributed by atoms with Crippen molar-refractivity contribution >= 4 is 6.41 Å². The molecule has 1 aliphatic heterocycles. The highest BCUT2D eigenvalue weighted by Crippen LogP contribution is 2.16. The summed E-state index contributed by atoms with van der Waals surface area (Å²) < 4.78 is 0. The van der Waals surface area contributed by atoms with E-state index >= 15 is 0 Å². The highest BCUT2D eigenvalue weighted by Gasteiger charge is 2.19. The predicted octanol–water partition coefficient (Wildman–Crippen LogP) is 0.379. The Balaban J connectivity index is 2.21. The maximum absolute atomic E-state index is 10.0. The van der Waals surface area contributed by atoms with Gasteiger partial charge in [0.1, 0.15) is 0 Å². The summed E-state index contributed by atoms with van der Waals surface area (Å²) in [6.07, 6.45) is 3.19. The molecule has 0 aliphatic carbocycles. The molecule has 0 radical (unpaired) electrons. The second-order valence-electron chi connectivity index (χ2n) is 2.76. The number of carbonyl (C=O) groups is 1. The van der Waals surface area contributed by atoms with E-state index in [-0.39, 0.29) is 0 Å². The van der Waals surface area contributed by atoms with Crippen LogP contribution in [-0.4, -0.2) is 24.5 Å². The van der Waals surface area contributed by atoms with E-state index in [0.29, 0.717) is 0 Å². The van der Waals surface area contributed by atoms with Gasteiger partial charge in [-0.15, -0.1) is 0 Å². The van der Waals surface area contributed by atoms with Gasteiger partial charge in [0.2, 0.25) is 6.41 Å². The molecule has 1 unspecified atom stereocenters. The second-order valence-corrected chi connectivity index (χ2v) is 2.76. The smallest absolute Gasteiger partial charge is 0.221 e. The van der Waals surface area contributed by atoms with E-state index in [9.17, 15) is 4.79 Å².